The van der Waals surface area contributed by atoms with E-state index in [0.717, 1.165) is 18.5 Å². The predicted molar refractivity (Wildman–Crippen MR) is 88.8 cm³/mol. The minimum Gasteiger partial charge on any atom is -0.306 e. The summed E-state index contributed by atoms with van der Waals surface area (Å²) >= 11 is 3.62. The zero-order valence-electron chi connectivity index (χ0n) is 11.7. The number of pyridine rings is 1. The van der Waals surface area contributed by atoms with E-state index >= 15 is 0 Å². The van der Waals surface area contributed by atoms with Crippen molar-refractivity contribution in [1.29, 1.82) is 0 Å². The Morgan fingerprint density at radius 1 is 1.30 bits per heavy atom. The van der Waals surface area contributed by atoms with Crippen molar-refractivity contribution in [3.05, 3.63) is 51.2 Å². The summed E-state index contributed by atoms with van der Waals surface area (Å²) in [7, 11) is 0. The zero-order valence-corrected chi connectivity index (χ0v) is 13.4. The molecule has 0 aromatic carbocycles. The highest BCUT2D eigenvalue weighted by Crippen LogP contribution is 2.30. The number of rotatable bonds is 5. The van der Waals surface area contributed by atoms with Crippen LogP contribution < -0.4 is 5.32 Å². The third-order valence-electron chi connectivity index (χ3n) is 3.30. The monoisotopic (exact) mass is 302 g/mol. The average molecular weight is 302 g/mol. The maximum Gasteiger partial charge on any atom is 0.0809 e. The van der Waals surface area contributed by atoms with Crippen molar-refractivity contribution >= 4 is 32.9 Å². The highest BCUT2D eigenvalue weighted by Gasteiger charge is 2.16. The van der Waals surface area contributed by atoms with E-state index in [1.54, 1.807) is 11.3 Å². The summed E-state index contributed by atoms with van der Waals surface area (Å²) in [5.74, 6) is 0. The summed E-state index contributed by atoms with van der Waals surface area (Å²) in [6.45, 7) is 5.38. The highest BCUT2D eigenvalue weighted by atomic mass is 32.1. The second-order valence-electron chi connectivity index (χ2n) is 4.91. The lowest BCUT2D eigenvalue weighted by molar-refractivity contribution is 0.605. The Kier molecular flexibility index (Phi) is 4.15. The van der Waals surface area contributed by atoms with Gasteiger partial charge in [0.15, 0.2) is 0 Å². The standard InChI is InChI=1S/C16H18N2S2/c1-3-7-17-16(14-5-4-11(2)20-14)12-9-15-13(18-10-12)6-8-19-15/h4-6,8-10,16-17H,3,7H2,1-2H3. The highest BCUT2D eigenvalue weighted by molar-refractivity contribution is 7.17. The molecule has 3 aromatic heterocycles. The average Bonchev–Trinajstić information content (AvgIpc) is 3.07. The Morgan fingerprint density at radius 2 is 2.20 bits per heavy atom. The first-order valence-electron chi connectivity index (χ1n) is 6.91. The molecule has 104 valence electrons. The molecule has 1 unspecified atom stereocenters. The number of aryl methyl sites for hydroxylation is 1. The fourth-order valence-corrected chi connectivity index (χ4v) is 4.07. The molecule has 0 aliphatic heterocycles. The molecule has 0 saturated heterocycles. The summed E-state index contributed by atoms with van der Waals surface area (Å²) in [5, 5.41) is 5.75. The Bertz CT molecular complexity index is 699. The Morgan fingerprint density at radius 3 is 2.95 bits per heavy atom. The van der Waals surface area contributed by atoms with Gasteiger partial charge in [-0.15, -0.1) is 22.7 Å². The largest absolute Gasteiger partial charge is 0.306 e. The van der Waals surface area contributed by atoms with E-state index in [1.165, 1.54) is 20.0 Å². The fourth-order valence-electron chi connectivity index (χ4n) is 2.30. The molecule has 20 heavy (non-hydrogen) atoms. The van der Waals surface area contributed by atoms with Crippen molar-refractivity contribution in [3.63, 3.8) is 0 Å². The molecule has 0 aliphatic rings. The van der Waals surface area contributed by atoms with Crippen LogP contribution in [-0.4, -0.2) is 11.5 Å². The van der Waals surface area contributed by atoms with Gasteiger partial charge in [-0.3, -0.25) is 4.98 Å². The minimum absolute atomic E-state index is 0.257. The molecular weight excluding hydrogens is 284 g/mol. The summed E-state index contributed by atoms with van der Waals surface area (Å²) < 4.78 is 1.26. The quantitative estimate of drug-likeness (QED) is 0.735. The summed E-state index contributed by atoms with van der Waals surface area (Å²) in [6, 6.07) is 9.03. The Hall–Kier alpha value is -1.23. The predicted octanol–water partition coefficient (Wildman–Crippen LogP) is 4.76. The number of thiophene rings is 2. The second-order valence-corrected chi connectivity index (χ2v) is 7.18. The van der Waals surface area contributed by atoms with E-state index in [2.05, 4.69) is 53.8 Å². The van der Waals surface area contributed by atoms with E-state index < -0.39 is 0 Å². The van der Waals surface area contributed by atoms with Crippen LogP contribution in [0.5, 0.6) is 0 Å². The molecule has 0 bridgehead atoms. The number of fused-ring (bicyclic) bond motifs is 1. The topological polar surface area (TPSA) is 24.9 Å². The summed E-state index contributed by atoms with van der Waals surface area (Å²) in [5.41, 5.74) is 2.35. The van der Waals surface area contributed by atoms with Crippen molar-refractivity contribution in [1.82, 2.24) is 10.3 Å². The van der Waals surface area contributed by atoms with Gasteiger partial charge < -0.3 is 5.32 Å². The lowest BCUT2D eigenvalue weighted by Gasteiger charge is -2.17. The summed E-state index contributed by atoms with van der Waals surface area (Å²) in [4.78, 5) is 7.30. The maximum atomic E-state index is 4.58. The number of nitrogens with zero attached hydrogens (tertiary/aromatic N) is 1. The van der Waals surface area contributed by atoms with Crippen LogP contribution in [-0.2, 0) is 0 Å². The van der Waals surface area contributed by atoms with E-state index in [4.69, 9.17) is 0 Å². The molecule has 0 saturated carbocycles. The SMILES string of the molecule is CCCNC(c1cnc2ccsc2c1)c1ccc(C)s1. The van der Waals surface area contributed by atoms with Gasteiger partial charge >= 0.3 is 0 Å². The molecule has 2 nitrogen and oxygen atoms in total. The normalized spacial score (nSPS) is 12.9. The van der Waals surface area contributed by atoms with Crippen LogP contribution in [0.25, 0.3) is 10.2 Å². The molecule has 3 heterocycles. The van der Waals surface area contributed by atoms with Gasteiger partial charge in [0.1, 0.15) is 0 Å². The lowest BCUT2D eigenvalue weighted by Crippen LogP contribution is -2.22. The molecule has 1 N–H and O–H groups in total. The van der Waals surface area contributed by atoms with E-state index in [9.17, 15) is 0 Å². The van der Waals surface area contributed by atoms with Gasteiger partial charge in [-0.05, 0) is 55.1 Å². The van der Waals surface area contributed by atoms with Crippen molar-refractivity contribution < 1.29 is 0 Å². The number of nitrogens with one attached hydrogen (secondary N) is 1. The van der Waals surface area contributed by atoms with Crippen LogP contribution in [0, 0.1) is 6.92 Å². The second kappa shape index (κ2) is 6.04. The Balaban J connectivity index is 1.98. The van der Waals surface area contributed by atoms with Gasteiger partial charge in [0, 0.05) is 16.0 Å². The first-order chi connectivity index (χ1) is 9.78. The fraction of sp³-hybridized carbons (Fsp3) is 0.312. The van der Waals surface area contributed by atoms with Crippen LogP contribution in [0.2, 0.25) is 0 Å². The third kappa shape index (κ3) is 2.77. The molecule has 0 amide bonds. The Labute approximate surface area is 127 Å². The molecule has 1 atom stereocenters. The first kappa shape index (κ1) is 13.7. The van der Waals surface area contributed by atoms with Crippen LogP contribution in [0.4, 0.5) is 0 Å². The molecule has 0 aliphatic carbocycles. The van der Waals surface area contributed by atoms with Gasteiger partial charge in [-0.1, -0.05) is 6.92 Å². The number of hydrogen-bond acceptors (Lipinski definition) is 4. The van der Waals surface area contributed by atoms with Crippen LogP contribution in [0.3, 0.4) is 0 Å². The van der Waals surface area contributed by atoms with Crippen LogP contribution in [0.15, 0.2) is 35.8 Å². The van der Waals surface area contributed by atoms with Gasteiger partial charge in [0.05, 0.1) is 16.3 Å². The number of aromatic nitrogens is 1. The molecule has 3 aromatic rings. The molecular formula is C16H18N2S2. The lowest BCUT2D eigenvalue weighted by atomic mass is 10.1. The first-order valence-corrected chi connectivity index (χ1v) is 8.60. The summed E-state index contributed by atoms with van der Waals surface area (Å²) in [6.07, 6.45) is 3.15. The van der Waals surface area contributed by atoms with E-state index in [0.29, 0.717) is 0 Å². The van der Waals surface area contributed by atoms with Crippen molar-refractivity contribution in [2.24, 2.45) is 0 Å². The molecule has 0 radical (unpaired) electrons. The van der Waals surface area contributed by atoms with E-state index in [-0.39, 0.29) is 6.04 Å². The minimum atomic E-state index is 0.257. The van der Waals surface area contributed by atoms with Crippen molar-refractivity contribution in [2.45, 2.75) is 26.3 Å². The molecule has 3 rings (SSSR count). The number of hydrogen-bond donors (Lipinski definition) is 1. The van der Waals surface area contributed by atoms with Gasteiger partial charge in [-0.2, -0.15) is 0 Å². The van der Waals surface area contributed by atoms with Crippen LogP contribution >= 0.6 is 22.7 Å². The van der Waals surface area contributed by atoms with Crippen LogP contribution in [0.1, 0.15) is 34.7 Å². The third-order valence-corrected chi connectivity index (χ3v) is 5.22. The molecule has 0 spiro atoms. The van der Waals surface area contributed by atoms with E-state index in [1.807, 2.05) is 17.5 Å². The van der Waals surface area contributed by atoms with Gasteiger partial charge in [0.2, 0.25) is 0 Å². The smallest absolute Gasteiger partial charge is 0.0809 e. The van der Waals surface area contributed by atoms with Gasteiger partial charge in [-0.25, -0.2) is 0 Å². The maximum absolute atomic E-state index is 4.58. The van der Waals surface area contributed by atoms with Gasteiger partial charge in [0.25, 0.3) is 0 Å². The van der Waals surface area contributed by atoms with Crippen molar-refractivity contribution in [3.8, 4) is 0 Å². The molecule has 4 heteroatoms. The zero-order chi connectivity index (χ0) is 13.9. The molecule has 0 fully saturated rings. The van der Waals surface area contributed by atoms with Crippen molar-refractivity contribution in [2.75, 3.05) is 6.54 Å².